The Kier molecular flexibility index (Phi) is 5.26. The topological polar surface area (TPSA) is 101 Å². The smallest absolute Gasteiger partial charge is 0.267 e. The van der Waals surface area contributed by atoms with Gasteiger partial charge in [-0.3, -0.25) is 30.6 Å². The van der Waals surface area contributed by atoms with E-state index in [2.05, 4.69) is 10.9 Å². The van der Waals surface area contributed by atoms with Gasteiger partial charge in [0.25, 0.3) is 17.5 Å². The average molecular weight is 327 g/mol. The summed E-state index contributed by atoms with van der Waals surface area (Å²) in [4.78, 5) is 34.2. The SMILES string of the molecule is CCc1ccc(C(=O)NNC(=O)c2ccc([N+](=O)[O-])c(C)c2)cc1. The fraction of sp³-hybridized carbons (Fsp3) is 0.176. The summed E-state index contributed by atoms with van der Waals surface area (Å²) in [5.74, 6) is -0.990. The summed E-state index contributed by atoms with van der Waals surface area (Å²) >= 11 is 0. The van der Waals surface area contributed by atoms with Crippen molar-refractivity contribution in [3.05, 3.63) is 74.8 Å². The van der Waals surface area contributed by atoms with Crippen LogP contribution in [0.5, 0.6) is 0 Å². The van der Waals surface area contributed by atoms with Crippen LogP contribution in [-0.4, -0.2) is 16.7 Å². The van der Waals surface area contributed by atoms with Gasteiger partial charge in [0.1, 0.15) is 0 Å². The first kappa shape index (κ1) is 17.1. The predicted octanol–water partition coefficient (Wildman–Crippen LogP) is 2.54. The Morgan fingerprint density at radius 2 is 1.54 bits per heavy atom. The average Bonchev–Trinajstić information content (AvgIpc) is 2.59. The number of rotatable bonds is 4. The third-order valence-corrected chi connectivity index (χ3v) is 3.57. The zero-order valence-corrected chi connectivity index (χ0v) is 13.3. The number of hydrazine groups is 1. The second-order valence-corrected chi connectivity index (χ2v) is 5.22. The van der Waals surface area contributed by atoms with Crippen LogP contribution in [0.1, 0.15) is 38.8 Å². The molecule has 2 rings (SSSR count). The quantitative estimate of drug-likeness (QED) is 0.665. The Morgan fingerprint density at radius 1 is 1.00 bits per heavy atom. The summed E-state index contributed by atoms with van der Waals surface area (Å²) in [6.07, 6.45) is 0.873. The molecule has 2 aromatic carbocycles. The predicted molar refractivity (Wildman–Crippen MR) is 88.6 cm³/mol. The van der Waals surface area contributed by atoms with Gasteiger partial charge in [0, 0.05) is 22.8 Å². The van der Waals surface area contributed by atoms with Gasteiger partial charge in [0.05, 0.1) is 4.92 Å². The first-order valence-corrected chi connectivity index (χ1v) is 7.37. The fourth-order valence-corrected chi connectivity index (χ4v) is 2.15. The van der Waals surface area contributed by atoms with Crippen molar-refractivity contribution in [2.75, 3.05) is 0 Å². The van der Waals surface area contributed by atoms with Crippen LogP contribution in [0.4, 0.5) is 5.69 Å². The standard InChI is InChI=1S/C17H17N3O4/c1-3-12-4-6-13(7-5-12)16(21)18-19-17(22)14-8-9-15(20(23)24)11(2)10-14/h4-10H,3H2,1-2H3,(H,18,21)(H,19,22). The number of amides is 2. The van der Waals surface area contributed by atoms with Crippen LogP contribution >= 0.6 is 0 Å². The van der Waals surface area contributed by atoms with E-state index in [0.29, 0.717) is 11.1 Å². The third-order valence-electron chi connectivity index (χ3n) is 3.57. The molecule has 0 aromatic heterocycles. The zero-order valence-electron chi connectivity index (χ0n) is 13.3. The van der Waals surface area contributed by atoms with Crippen LogP contribution in [-0.2, 0) is 6.42 Å². The Balaban J connectivity index is 2.00. The van der Waals surface area contributed by atoms with Gasteiger partial charge in [0.15, 0.2) is 0 Å². The Morgan fingerprint density at radius 3 is 2.04 bits per heavy atom. The van der Waals surface area contributed by atoms with Gasteiger partial charge in [-0.05, 0) is 43.2 Å². The number of carbonyl (C=O) groups is 2. The summed E-state index contributed by atoms with van der Waals surface area (Å²) < 4.78 is 0. The lowest BCUT2D eigenvalue weighted by Crippen LogP contribution is -2.41. The fourth-order valence-electron chi connectivity index (χ4n) is 2.15. The van der Waals surface area contributed by atoms with E-state index in [-0.39, 0.29) is 11.3 Å². The lowest BCUT2D eigenvalue weighted by molar-refractivity contribution is -0.385. The molecule has 0 spiro atoms. The van der Waals surface area contributed by atoms with Crippen molar-refractivity contribution in [2.24, 2.45) is 0 Å². The molecule has 0 aliphatic rings. The lowest BCUT2D eigenvalue weighted by atomic mass is 10.1. The summed E-state index contributed by atoms with van der Waals surface area (Å²) in [5.41, 5.74) is 6.67. The minimum absolute atomic E-state index is 0.0633. The van der Waals surface area contributed by atoms with E-state index in [1.165, 1.54) is 18.2 Å². The van der Waals surface area contributed by atoms with Crippen molar-refractivity contribution in [1.29, 1.82) is 0 Å². The van der Waals surface area contributed by atoms with Gasteiger partial charge in [-0.1, -0.05) is 19.1 Å². The second-order valence-electron chi connectivity index (χ2n) is 5.22. The van der Waals surface area contributed by atoms with Crippen molar-refractivity contribution < 1.29 is 14.5 Å². The molecule has 0 saturated heterocycles. The molecular weight excluding hydrogens is 310 g/mol. The van der Waals surface area contributed by atoms with Crippen molar-refractivity contribution >= 4 is 17.5 Å². The van der Waals surface area contributed by atoms with Gasteiger partial charge in [-0.2, -0.15) is 0 Å². The van der Waals surface area contributed by atoms with Gasteiger partial charge in [0.2, 0.25) is 0 Å². The van der Waals surface area contributed by atoms with Crippen molar-refractivity contribution in [3.8, 4) is 0 Å². The van der Waals surface area contributed by atoms with Crippen LogP contribution in [0, 0.1) is 17.0 Å². The second kappa shape index (κ2) is 7.36. The number of nitro groups is 1. The molecule has 0 fully saturated rings. The molecule has 0 aliphatic heterocycles. The Hall–Kier alpha value is -3.22. The molecule has 0 bridgehead atoms. The number of nitrogens with one attached hydrogen (secondary N) is 2. The van der Waals surface area contributed by atoms with Gasteiger partial charge in [-0.25, -0.2) is 0 Å². The van der Waals surface area contributed by atoms with E-state index in [9.17, 15) is 19.7 Å². The molecule has 7 heteroatoms. The van der Waals surface area contributed by atoms with Crippen LogP contribution in [0.15, 0.2) is 42.5 Å². The molecule has 0 heterocycles. The normalized spacial score (nSPS) is 10.1. The van der Waals surface area contributed by atoms with Crippen LogP contribution in [0.25, 0.3) is 0 Å². The molecule has 7 nitrogen and oxygen atoms in total. The first-order valence-electron chi connectivity index (χ1n) is 7.37. The molecule has 0 aliphatic carbocycles. The summed E-state index contributed by atoms with van der Waals surface area (Å²) in [5, 5.41) is 10.8. The van der Waals surface area contributed by atoms with Crippen LogP contribution in [0.3, 0.4) is 0 Å². The van der Waals surface area contributed by atoms with E-state index >= 15 is 0 Å². The molecule has 124 valence electrons. The molecule has 0 saturated carbocycles. The highest BCUT2D eigenvalue weighted by molar-refractivity contribution is 5.99. The molecule has 0 radical (unpaired) electrons. The van der Waals surface area contributed by atoms with Crippen LogP contribution in [0.2, 0.25) is 0 Å². The highest BCUT2D eigenvalue weighted by Crippen LogP contribution is 2.18. The molecule has 2 N–H and O–H groups in total. The zero-order chi connectivity index (χ0) is 17.7. The molecule has 2 aromatic rings. The van der Waals surface area contributed by atoms with Gasteiger partial charge in [-0.15, -0.1) is 0 Å². The lowest BCUT2D eigenvalue weighted by Gasteiger charge is -2.08. The summed E-state index contributed by atoms with van der Waals surface area (Å²) in [6.45, 7) is 3.56. The van der Waals surface area contributed by atoms with Crippen molar-refractivity contribution in [3.63, 3.8) is 0 Å². The first-order chi connectivity index (χ1) is 11.4. The van der Waals surface area contributed by atoms with E-state index in [1.807, 2.05) is 19.1 Å². The third kappa shape index (κ3) is 3.95. The number of nitro benzene ring substituents is 1. The minimum atomic E-state index is -0.550. The highest BCUT2D eigenvalue weighted by Gasteiger charge is 2.14. The Labute approximate surface area is 138 Å². The molecule has 0 atom stereocenters. The summed E-state index contributed by atoms with van der Waals surface area (Å²) in [7, 11) is 0. The van der Waals surface area contributed by atoms with E-state index in [4.69, 9.17) is 0 Å². The van der Waals surface area contributed by atoms with E-state index in [1.54, 1.807) is 19.1 Å². The van der Waals surface area contributed by atoms with Crippen molar-refractivity contribution in [1.82, 2.24) is 10.9 Å². The molecular formula is C17H17N3O4. The van der Waals surface area contributed by atoms with Gasteiger partial charge < -0.3 is 0 Å². The maximum Gasteiger partial charge on any atom is 0.272 e. The number of hydrogen-bond acceptors (Lipinski definition) is 4. The minimum Gasteiger partial charge on any atom is -0.267 e. The molecule has 2 amide bonds. The maximum absolute atomic E-state index is 12.0. The molecule has 24 heavy (non-hydrogen) atoms. The van der Waals surface area contributed by atoms with Gasteiger partial charge >= 0.3 is 0 Å². The molecule has 0 unspecified atom stereocenters. The highest BCUT2D eigenvalue weighted by atomic mass is 16.6. The number of benzene rings is 2. The Bertz CT molecular complexity index is 785. The van der Waals surface area contributed by atoms with Crippen LogP contribution < -0.4 is 10.9 Å². The monoisotopic (exact) mass is 327 g/mol. The summed E-state index contributed by atoms with van der Waals surface area (Å²) in [6, 6.07) is 11.0. The van der Waals surface area contributed by atoms with E-state index < -0.39 is 16.7 Å². The number of aryl methyl sites for hydroxylation is 2. The number of nitrogens with zero attached hydrogens (tertiary/aromatic N) is 1. The maximum atomic E-state index is 12.0. The van der Waals surface area contributed by atoms with Crippen molar-refractivity contribution in [2.45, 2.75) is 20.3 Å². The number of hydrogen-bond donors (Lipinski definition) is 2. The van der Waals surface area contributed by atoms with E-state index in [0.717, 1.165) is 12.0 Å². The largest absolute Gasteiger partial charge is 0.272 e. The number of carbonyl (C=O) groups excluding carboxylic acids is 2.